The molecule has 0 spiro atoms. The van der Waals surface area contributed by atoms with E-state index < -0.39 is 0 Å². The monoisotopic (exact) mass is 224 g/mol. The molecular weight excluding hydrogens is 200 g/mol. The molecule has 92 valence electrons. The van der Waals surface area contributed by atoms with E-state index in [4.69, 9.17) is 9.47 Å². The lowest BCUT2D eigenvalue weighted by molar-refractivity contribution is 0.301. The number of ether oxygens (including phenoxy) is 2. The van der Waals surface area contributed by atoms with E-state index in [-0.39, 0.29) is 0 Å². The molecular formula is C14H24O2. The molecule has 0 radical (unpaired) electrons. The van der Waals surface area contributed by atoms with Crippen LogP contribution in [0.1, 0.15) is 40.5 Å². The van der Waals surface area contributed by atoms with Crippen LogP contribution in [-0.4, -0.2) is 13.2 Å². The summed E-state index contributed by atoms with van der Waals surface area (Å²) in [7, 11) is 0. The van der Waals surface area contributed by atoms with E-state index in [2.05, 4.69) is 13.8 Å². The van der Waals surface area contributed by atoms with Crippen molar-refractivity contribution in [1.82, 2.24) is 0 Å². The molecule has 0 atom stereocenters. The lowest BCUT2D eigenvalue weighted by Gasteiger charge is -2.07. The van der Waals surface area contributed by atoms with Crippen molar-refractivity contribution in [2.45, 2.75) is 40.5 Å². The minimum Gasteiger partial charge on any atom is -0.493 e. The van der Waals surface area contributed by atoms with Crippen LogP contribution in [0.5, 0.6) is 11.5 Å². The number of hydrogen-bond acceptors (Lipinski definition) is 2. The Morgan fingerprint density at radius 1 is 0.875 bits per heavy atom. The summed E-state index contributed by atoms with van der Waals surface area (Å²) in [5.74, 6) is 1.78. The van der Waals surface area contributed by atoms with E-state index in [0.717, 1.165) is 37.6 Å². The highest BCUT2D eigenvalue weighted by Gasteiger charge is 1.96. The van der Waals surface area contributed by atoms with E-state index >= 15 is 0 Å². The molecule has 0 bridgehead atoms. The van der Waals surface area contributed by atoms with Crippen molar-refractivity contribution in [2.75, 3.05) is 13.2 Å². The van der Waals surface area contributed by atoms with Gasteiger partial charge in [-0.05, 0) is 25.0 Å². The second-order valence-corrected chi connectivity index (χ2v) is 3.17. The van der Waals surface area contributed by atoms with Crippen LogP contribution in [0.15, 0.2) is 24.3 Å². The lowest BCUT2D eigenvalue weighted by Crippen LogP contribution is -1.97. The van der Waals surface area contributed by atoms with Gasteiger partial charge < -0.3 is 9.47 Å². The Morgan fingerprint density at radius 2 is 1.31 bits per heavy atom. The molecule has 1 rings (SSSR count). The van der Waals surface area contributed by atoms with Gasteiger partial charge in [0.25, 0.3) is 0 Å². The molecule has 1 aromatic carbocycles. The highest BCUT2D eigenvalue weighted by atomic mass is 16.5. The minimum atomic E-state index is 0.761. The van der Waals surface area contributed by atoms with Crippen LogP contribution < -0.4 is 9.47 Å². The van der Waals surface area contributed by atoms with E-state index in [1.807, 2.05) is 38.1 Å². The Bertz CT molecular complexity index is 235. The van der Waals surface area contributed by atoms with Crippen LogP contribution in [0, 0.1) is 0 Å². The molecule has 1 aromatic rings. The average Bonchev–Trinajstić information content (AvgIpc) is 2.37. The first-order valence-corrected chi connectivity index (χ1v) is 6.22. The fourth-order valence-electron chi connectivity index (χ4n) is 1.09. The Morgan fingerprint density at radius 3 is 1.69 bits per heavy atom. The summed E-state index contributed by atoms with van der Waals surface area (Å²) in [5, 5.41) is 0. The van der Waals surface area contributed by atoms with Crippen molar-refractivity contribution in [3.63, 3.8) is 0 Å². The predicted octanol–water partition coefficient (Wildman–Crippen LogP) is 4.29. The highest BCUT2D eigenvalue weighted by Crippen LogP contribution is 2.19. The molecule has 0 fully saturated rings. The van der Waals surface area contributed by atoms with Crippen molar-refractivity contribution < 1.29 is 9.47 Å². The first-order valence-electron chi connectivity index (χ1n) is 6.22. The first kappa shape index (κ1) is 14.8. The molecule has 0 saturated carbocycles. The standard InChI is InChI=1S/C12H18O2.C2H6/c1-3-8-13-11-6-5-7-12(10-11)14-9-4-2;1-2/h5-7,10H,3-4,8-9H2,1-2H3;1-2H3. The maximum atomic E-state index is 5.50. The number of rotatable bonds is 6. The van der Waals surface area contributed by atoms with Crippen LogP contribution in [-0.2, 0) is 0 Å². The second-order valence-electron chi connectivity index (χ2n) is 3.17. The second kappa shape index (κ2) is 10.3. The van der Waals surface area contributed by atoms with Crippen molar-refractivity contribution in [3.8, 4) is 11.5 Å². The van der Waals surface area contributed by atoms with Crippen molar-refractivity contribution in [2.24, 2.45) is 0 Å². The van der Waals surface area contributed by atoms with E-state index in [9.17, 15) is 0 Å². The van der Waals surface area contributed by atoms with Gasteiger partial charge in [0, 0.05) is 6.07 Å². The van der Waals surface area contributed by atoms with Crippen molar-refractivity contribution in [3.05, 3.63) is 24.3 Å². The molecule has 0 aliphatic carbocycles. The Hall–Kier alpha value is -1.18. The Labute approximate surface area is 99.6 Å². The summed E-state index contributed by atoms with van der Waals surface area (Å²) in [6, 6.07) is 7.80. The highest BCUT2D eigenvalue weighted by molar-refractivity contribution is 5.32. The third-order valence-corrected chi connectivity index (χ3v) is 1.75. The summed E-state index contributed by atoms with van der Waals surface area (Å²) < 4.78 is 11.0. The van der Waals surface area contributed by atoms with Crippen LogP contribution >= 0.6 is 0 Å². The van der Waals surface area contributed by atoms with Gasteiger partial charge in [-0.15, -0.1) is 0 Å². The Balaban J connectivity index is 0.00000106. The molecule has 2 nitrogen and oxygen atoms in total. The first-order chi connectivity index (χ1) is 7.86. The van der Waals surface area contributed by atoms with Gasteiger partial charge in [0.2, 0.25) is 0 Å². The van der Waals surface area contributed by atoms with Crippen molar-refractivity contribution in [1.29, 1.82) is 0 Å². The number of hydrogen-bond donors (Lipinski definition) is 0. The van der Waals surface area contributed by atoms with Crippen LogP contribution in [0.4, 0.5) is 0 Å². The zero-order valence-electron chi connectivity index (χ0n) is 11.0. The predicted molar refractivity (Wildman–Crippen MR) is 69.4 cm³/mol. The molecule has 0 N–H and O–H groups in total. The normalized spacial score (nSPS) is 9.00. The average molecular weight is 224 g/mol. The topological polar surface area (TPSA) is 18.5 Å². The number of benzene rings is 1. The maximum absolute atomic E-state index is 5.50. The van der Waals surface area contributed by atoms with Gasteiger partial charge in [0.15, 0.2) is 0 Å². The molecule has 0 unspecified atom stereocenters. The van der Waals surface area contributed by atoms with Gasteiger partial charge in [-0.1, -0.05) is 33.8 Å². The largest absolute Gasteiger partial charge is 0.493 e. The lowest BCUT2D eigenvalue weighted by atomic mass is 10.3. The fourth-order valence-corrected chi connectivity index (χ4v) is 1.09. The Kier molecular flexibility index (Phi) is 9.58. The molecule has 0 heterocycles. The zero-order chi connectivity index (χ0) is 12.2. The van der Waals surface area contributed by atoms with E-state index in [1.165, 1.54) is 0 Å². The molecule has 2 heteroatoms. The third kappa shape index (κ3) is 6.33. The van der Waals surface area contributed by atoms with Gasteiger partial charge in [0.05, 0.1) is 13.2 Å². The van der Waals surface area contributed by atoms with Gasteiger partial charge in [-0.25, -0.2) is 0 Å². The van der Waals surface area contributed by atoms with Crippen LogP contribution in [0.25, 0.3) is 0 Å². The van der Waals surface area contributed by atoms with Gasteiger partial charge in [-0.3, -0.25) is 0 Å². The van der Waals surface area contributed by atoms with Crippen molar-refractivity contribution >= 4 is 0 Å². The fraction of sp³-hybridized carbons (Fsp3) is 0.571. The van der Waals surface area contributed by atoms with E-state index in [1.54, 1.807) is 0 Å². The SMILES string of the molecule is CC.CCCOc1cccc(OCCC)c1. The summed E-state index contributed by atoms with van der Waals surface area (Å²) in [4.78, 5) is 0. The summed E-state index contributed by atoms with van der Waals surface area (Å²) in [6.45, 7) is 9.71. The molecule has 0 aliphatic rings. The summed E-state index contributed by atoms with van der Waals surface area (Å²) in [5.41, 5.74) is 0. The van der Waals surface area contributed by atoms with Gasteiger partial charge >= 0.3 is 0 Å². The molecule has 16 heavy (non-hydrogen) atoms. The molecule has 0 aromatic heterocycles. The summed E-state index contributed by atoms with van der Waals surface area (Å²) in [6.07, 6.45) is 2.06. The van der Waals surface area contributed by atoms with Crippen LogP contribution in [0.2, 0.25) is 0 Å². The van der Waals surface area contributed by atoms with Gasteiger partial charge in [-0.2, -0.15) is 0 Å². The molecule has 0 amide bonds. The minimum absolute atomic E-state index is 0.761. The maximum Gasteiger partial charge on any atom is 0.122 e. The molecule has 0 aliphatic heterocycles. The van der Waals surface area contributed by atoms with Gasteiger partial charge in [0.1, 0.15) is 11.5 Å². The summed E-state index contributed by atoms with van der Waals surface area (Å²) >= 11 is 0. The van der Waals surface area contributed by atoms with Crippen LogP contribution in [0.3, 0.4) is 0 Å². The quantitative estimate of drug-likeness (QED) is 0.717. The zero-order valence-corrected chi connectivity index (χ0v) is 11.0. The van der Waals surface area contributed by atoms with E-state index in [0.29, 0.717) is 0 Å². The molecule has 0 saturated heterocycles. The third-order valence-electron chi connectivity index (χ3n) is 1.75. The smallest absolute Gasteiger partial charge is 0.122 e.